The summed E-state index contributed by atoms with van der Waals surface area (Å²) < 4.78 is 17.1. The molecule has 0 aromatic heterocycles. The molecule has 3 rings (SSSR count). The van der Waals surface area contributed by atoms with Gasteiger partial charge in [0.15, 0.2) is 23.9 Å². The van der Waals surface area contributed by atoms with Crippen LogP contribution in [0.15, 0.2) is 29.3 Å². The average molecular weight is 271 g/mol. The van der Waals surface area contributed by atoms with Crippen molar-refractivity contribution in [2.24, 2.45) is 4.99 Å². The van der Waals surface area contributed by atoms with Crippen molar-refractivity contribution < 1.29 is 14.2 Å². The SMILES string of the molecule is CO[C@@]1(C2=NCCN2)COc2ccccc2O1.Cl. The van der Waals surface area contributed by atoms with Gasteiger partial charge in [0, 0.05) is 13.7 Å². The highest BCUT2D eigenvalue weighted by Gasteiger charge is 2.44. The van der Waals surface area contributed by atoms with E-state index in [1.165, 1.54) is 0 Å². The Balaban J connectivity index is 0.00000120. The van der Waals surface area contributed by atoms with Crippen LogP contribution >= 0.6 is 12.4 Å². The molecule has 2 aliphatic heterocycles. The summed E-state index contributed by atoms with van der Waals surface area (Å²) in [6, 6.07) is 7.54. The van der Waals surface area contributed by atoms with Gasteiger partial charge in [0.25, 0.3) is 0 Å². The third-order valence-electron chi connectivity index (χ3n) is 2.91. The second-order valence-electron chi connectivity index (χ2n) is 3.95. The van der Waals surface area contributed by atoms with Gasteiger partial charge in [0.1, 0.15) is 0 Å². The fourth-order valence-electron chi connectivity index (χ4n) is 2.00. The molecule has 0 unspecified atom stereocenters. The maximum atomic E-state index is 5.91. The van der Waals surface area contributed by atoms with E-state index in [1.54, 1.807) is 7.11 Å². The molecule has 0 saturated heterocycles. The molecule has 6 heteroatoms. The molecule has 1 N–H and O–H groups in total. The van der Waals surface area contributed by atoms with Gasteiger partial charge in [-0.1, -0.05) is 12.1 Å². The van der Waals surface area contributed by atoms with E-state index in [0.29, 0.717) is 18.2 Å². The molecule has 0 saturated carbocycles. The van der Waals surface area contributed by atoms with Crippen molar-refractivity contribution >= 4 is 18.2 Å². The lowest BCUT2D eigenvalue weighted by molar-refractivity contribution is -0.145. The van der Waals surface area contributed by atoms with E-state index >= 15 is 0 Å². The van der Waals surface area contributed by atoms with Gasteiger partial charge < -0.3 is 19.5 Å². The number of methoxy groups -OCH3 is 1. The Morgan fingerprint density at radius 1 is 1.33 bits per heavy atom. The molecule has 5 nitrogen and oxygen atoms in total. The Morgan fingerprint density at radius 2 is 2.11 bits per heavy atom. The van der Waals surface area contributed by atoms with E-state index in [2.05, 4.69) is 10.3 Å². The van der Waals surface area contributed by atoms with E-state index in [-0.39, 0.29) is 12.4 Å². The second kappa shape index (κ2) is 5.04. The number of benzene rings is 1. The number of hydrogen-bond donors (Lipinski definition) is 1. The van der Waals surface area contributed by atoms with Crippen LogP contribution in [0.5, 0.6) is 11.5 Å². The van der Waals surface area contributed by atoms with Crippen LogP contribution in [-0.4, -0.2) is 38.4 Å². The topological polar surface area (TPSA) is 52.1 Å². The number of fused-ring (bicyclic) bond motifs is 1. The largest absolute Gasteiger partial charge is 0.482 e. The molecule has 2 heterocycles. The Kier molecular flexibility index (Phi) is 3.63. The molecule has 18 heavy (non-hydrogen) atoms. The monoisotopic (exact) mass is 270 g/mol. The van der Waals surface area contributed by atoms with Gasteiger partial charge in [0.2, 0.25) is 0 Å². The van der Waals surface area contributed by atoms with Crippen molar-refractivity contribution in [2.45, 2.75) is 5.79 Å². The van der Waals surface area contributed by atoms with Crippen LogP contribution in [0.25, 0.3) is 0 Å². The highest BCUT2D eigenvalue weighted by molar-refractivity contribution is 5.91. The van der Waals surface area contributed by atoms with Crippen LogP contribution in [0.1, 0.15) is 0 Å². The average Bonchev–Trinajstić information content (AvgIpc) is 2.92. The Bertz CT molecular complexity index is 466. The highest BCUT2D eigenvalue weighted by Crippen LogP contribution is 2.35. The predicted octanol–water partition coefficient (Wildman–Crippen LogP) is 1.22. The van der Waals surface area contributed by atoms with Crippen molar-refractivity contribution in [3.8, 4) is 11.5 Å². The summed E-state index contributed by atoms with van der Waals surface area (Å²) in [5, 5.41) is 3.17. The van der Waals surface area contributed by atoms with Gasteiger partial charge in [-0.15, -0.1) is 12.4 Å². The molecule has 98 valence electrons. The fourth-order valence-corrected chi connectivity index (χ4v) is 2.00. The summed E-state index contributed by atoms with van der Waals surface area (Å²) in [7, 11) is 1.60. The van der Waals surface area contributed by atoms with Gasteiger partial charge >= 0.3 is 5.79 Å². The Hall–Kier alpha value is -1.46. The van der Waals surface area contributed by atoms with Crippen molar-refractivity contribution in [2.75, 3.05) is 26.8 Å². The minimum absolute atomic E-state index is 0. The number of hydrogen-bond acceptors (Lipinski definition) is 5. The van der Waals surface area contributed by atoms with Crippen molar-refractivity contribution in [1.82, 2.24) is 5.32 Å². The number of ether oxygens (including phenoxy) is 3. The number of rotatable bonds is 2. The van der Waals surface area contributed by atoms with Crippen LogP contribution in [-0.2, 0) is 4.74 Å². The van der Waals surface area contributed by atoms with E-state index in [4.69, 9.17) is 14.2 Å². The van der Waals surface area contributed by atoms with Crippen LogP contribution in [0.4, 0.5) is 0 Å². The van der Waals surface area contributed by atoms with Crippen LogP contribution in [0.2, 0.25) is 0 Å². The van der Waals surface area contributed by atoms with Crippen molar-refractivity contribution in [1.29, 1.82) is 0 Å². The standard InChI is InChI=1S/C12H14N2O3.ClH/c1-15-12(11-13-6-7-14-11)8-16-9-4-2-3-5-10(9)17-12;/h2-5H,6-8H2,1H3,(H,13,14);1H/t12-;/m0./s1. The minimum atomic E-state index is -0.940. The second-order valence-corrected chi connectivity index (χ2v) is 3.95. The summed E-state index contributed by atoms with van der Waals surface area (Å²) in [4.78, 5) is 4.35. The van der Waals surface area contributed by atoms with Crippen LogP contribution in [0.3, 0.4) is 0 Å². The number of amidine groups is 1. The van der Waals surface area contributed by atoms with Gasteiger partial charge in [-0.25, -0.2) is 0 Å². The zero-order valence-corrected chi connectivity index (χ0v) is 10.8. The van der Waals surface area contributed by atoms with Gasteiger partial charge in [0.05, 0.1) is 6.54 Å². The number of aliphatic imine (C=N–C) groups is 1. The first-order chi connectivity index (χ1) is 8.34. The molecule has 1 aromatic carbocycles. The van der Waals surface area contributed by atoms with Crippen LogP contribution in [0, 0.1) is 0 Å². The molecule has 2 aliphatic rings. The smallest absolute Gasteiger partial charge is 0.303 e. The molecule has 0 spiro atoms. The summed E-state index contributed by atoms with van der Waals surface area (Å²) in [5.74, 6) is 1.18. The van der Waals surface area contributed by atoms with Crippen LogP contribution < -0.4 is 14.8 Å². The summed E-state index contributed by atoms with van der Waals surface area (Å²) >= 11 is 0. The Labute approximate surface area is 112 Å². The van der Waals surface area contributed by atoms with Crippen molar-refractivity contribution in [3.05, 3.63) is 24.3 Å². The maximum Gasteiger partial charge on any atom is 0.303 e. The van der Waals surface area contributed by atoms with Gasteiger partial charge in [-0.05, 0) is 12.1 Å². The zero-order valence-electron chi connectivity index (χ0n) is 10.0. The number of halogens is 1. The van der Waals surface area contributed by atoms with E-state index in [9.17, 15) is 0 Å². The normalized spacial score (nSPS) is 24.8. The number of para-hydroxylation sites is 2. The van der Waals surface area contributed by atoms with Crippen molar-refractivity contribution in [3.63, 3.8) is 0 Å². The first-order valence-corrected chi connectivity index (χ1v) is 5.59. The van der Waals surface area contributed by atoms with Gasteiger partial charge in [-0.2, -0.15) is 0 Å². The summed E-state index contributed by atoms with van der Waals surface area (Å²) in [6.07, 6.45) is 0. The lowest BCUT2D eigenvalue weighted by atomic mass is 10.2. The molecular weight excluding hydrogens is 256 g/mol. The lowest BCUT2D eigenvalue weighted by Gasteiger charge is -2.36. The lowest BCUT2D eigenvalue weighted by Crippen LogP contribution is -2.56. The van der Waals surface area contributed by atoms with E-state index in [1.807, 2.05) is 24.3 Å². The third-order valence-corrected chi connectivity index (χ3v) is 2.91. The molecular formula is C12H15ClN2O3. The molecule has 0 bridgehead atoms. The molecule has 0 fully saturated rings. The molecule has 0 aliphatic carbocycles. The summed E-state index contributed by atoms with van der Waals surface area (Å²) in [6.45, 7) is 1.85. The van der Waals surface area contributed by atoms with E-state index < -0.39 is 5.79 Å². The molecule has 1 aromatic rings. The maximum absolute atomic E-state index is 5.91. The quantitative estimate of drug-likeness (QED) is 0.878. The molecule has 0 radical (unpaired) electrons. The highest BCUT2D eigenvalue weighted by atomic mass is 35.5. The first-order valence-electron chi connectivity index (χ1n) is 5.59. The Morgan fingerprint density at radius 3 is 2.78 bits per heavy atom. The zero-order chi connectivity index (χ0) is 11.7. The van der Waals surface area contributed by atoms with Gasteiger partial charge in [-0.3, -0.25) is 4.99 Å². The van der Waals surface area contributed by atoms with E-state index in [0.717, 1.165) is 18.8 Å². The first kappa shape index (κ1) is 13.0. The minimum Gasteiger partial charge on any atom is -0.482 e. The third kappa shape index (κ3) is 2.00. The molecule has 1 atom stereocenters. The number of nitrogens with one attached hydrogen (secondary N) is 1. The fraction of sp³-hybridized carbons (Fsp3) is 0.417. The predicted molar refractivity (Wildman–Crippen MR) is 69.9 cm³/mol. The molecule has 0 amide bonds. The summed E-state index contributed by atoms with van der Waals surface area (Å²) in [5.41, 5.74) is 0. The number of nitrogens with zero attached hydrogens (tertiary/aromatic N) is 1.